The van der Waals surface area contributed by atoms with E-state index in [2.05, 4.69) is 31.4 Å². The monoisotopic (exact) mass is 344 g/mol. The zero-order valence-electron chi connectivity index (χ0n) is 16.2. The second kappa shape index (κ2) is 8.03. The van der Waals surface area contributed by atoms with Gasteiger partial charge in [0.1, 0.15) is 6.04 Å². The Labute approximate surface area is 151 Å². The maximum absolute atomic E-state index is 12.6. The summed E-state index contributed by atoms with van der Waals surface area (Å²) in [6.07, 6.45) is 4.42. The second-order valence-electron chi connectivity index (χ2n) is 8.51. The van der Waals surface area contributed by atoms with Gasteiger partial charge in [-0.2, -0.15) is 0 Å². The molecule has 1 atom stereocenters. The predicted octanol–water partition coefficient (Wildman–Crippen LogP) is 3.80. The molecule has 1 aromatic rings. The van der Waals surface area contributed by atoms with E-state index in [0.29, 0.717) is 5.56 Å². The molecule has 4 nitrogen and oxygen atoms in total. The molecule has 0 aromatic heterocycles. The number of benzene rings is 1. The average Bonchev–Trinajstić information content (AvgIpc) is 3.04. The number of amides is 2. The van der Waals surface area contributed by atoms with Crippen LogP contribution in [0.5, 0.6) is 0 Å². The van der Waals surface area contributed by atoms with Crippen molar-refractivity contribution in [1.29, 1.82) is 0 Å². The first-order valence-corrected chi connectivity index (χ1v) is 9.40. The Morgan fingerprint density at radius 2 is 1.60 bits per heavy atom. The smallest absolute Gasteiger partial charge is 0.251 e. The van der Waals surface area contributed by atoms with Crippen LogP contribution in [0.3, 0.4) is 0 Å². The van der Waals surface area contributed by atoms with Gasteiger partial charge in [0.2, 0.25) is 5.91 Å². The van der Waals surface area contributed by atoms with E-state index in [4.69, 9.17) is 0 Å². The highest BCUT2D eigenvalue weighted by atomic mass is 16.2. The van der Waals surface area contributed by atoms with Crippen molar-refractivity contribution in [2.45, 2.75) is 77.8 Å². The fourth-order valence-corrected chi connectivity index (χ4v) is 3.24. The Balaban J connectivity index is 2.02. The summed E-state index contributed by atoms with van der Waals surface area (Å²) in [5.41, 5.74) is 1.83. The van der Waals surface area contributed by atoms with Gasteiger partial charge in [0.15, 0.2) is 0 Å². The quantitative estimate of drug-likeness (QED) is 0.853. The zero-order chi connectivity index (χ0) is 18.6. The molecule has 1 saturated carbocycles. The summed E-state index contributed by atoms with van der Waals surface area (Å²) in [6.45, 7) is 10.3. The molecule has 0 heterocycles. The van der Waals surface area contributed by atoms with E-state index in [1.54, 1.807) is 0 Å². The van der Waals surface area contributed by atoms with E-state index in [1.165, 1.54) is 18.4 Å². The lowest BCUT2D eigenvalue weighted by Gasteiger charge is -2.24. The summed E-state index contributed by atoms with van der Waals surface area (Å²) >= 11 is 0. The van der Waals surface area contributed by atoms with Crippen LogP contribution in [-0.4, -0.2) is 23.9 Å². The topological polar surface area (TPSA) is 58.2 Å². The number of carbonyl (C=O) groups excluding carboxylic acids is 2. The molecule has 0 aliphatic heterocycles. The standard InChI is InChI=1S/C21H32N2O2/c1-14(2)18(20(25)22-17-8-6-7-9-17)23-19(24)15-10-12-16(13-11-15)21(3,4)5/h10-14,17-18H,6-9H2,1-5H3,(H,22,25)(H,23,24)/t18-/m0/s1. The first-order valence-electron chi connectivity index (χ1n) is 9.40. The first-order chi connectivity index (χ1) is 11.7. The highest BCUT2D eigenvalue weighted by Crippen LogP contribution is 2.22. The second-order valence-corrected chi connectivity index (χ2v) is 8.51. The molecule has 25 heavy (non-hydrogen) atoms. The summed E-state index contributed by atoms with van der Waals surface area (Å²) in [7, 11) is 0. The maximum Gasteiger partial charge on any atom is 0.251 e. The van der Waals surface area contributed by atoms with Gasteiger partial charge in [0.25, 0.3) is 5.91 Å². The molecular weight excluding hydrogens is 312 g/mol. The summed E-state index contributed by atoms with van der Waals surface area (Å²) in [4.78, 5) is 25.1. The van der Waals surface area contributed by atoms with Gasteiger partial charge in [-0.3, -0.25) is 9.59 Å². The molecular formula is C21H32N2O2. The van der Waals surface area contributed by atoms with Gasteiger partial charge in [0.05, 0.1) is 0 Å². The Morgan fingerprint density at radius 3 is 2.08 bits per heavy atom. The Hall–Kier alpha value is -1.84. The van der Waals surface area contributed by atoms with Crippen LogP contribution in [0, 0.1) is 5.92 Å². The molecule has 0 spiro atoms. The van der Waals surface area contributed by atoms with Crippen LogP contribution in [0.25, 0.3) is 0 Å². The van der Waals surface area contributed by atoms with Crippen LogP contribution in [0.4, 0.5) is 0 Å². The lowest BCUT2D eigenvalue weighted by molar-refractivity contribution is -0.124. The third-order valence-electron chi connectivity index (χ3n) is 4.95. The van der Waals surface area contributed by atoms with E-state index < -0.39 is 6.04 Å². The van der Waals surface area contributed by atoms with Gasteiger partial charge in [-0.1, -0.05) is 59.6 Å². The molecule has 4 heteroatoms. The fraction of sp³-hybridized carbons (Fsp3) is 0.619. The van der Waals surface area contributed by atoms with Crippen LogP contribution in [0.15, 0.2) is 24.3 Å². The van der Waals surface area contributed by atoms with E-state index in [9.17, 15) is 9.59 Å². The van der Waals surface area contributed by atoms with Gasteiger partial charge in [-0.05, 0) is 41.9 Å². The molecule has 0 radical (unpaired) electrons. The molecule has 2 amide bonds. The normalized spacial score (nSPS) is 16.7. The highest BCUT2D eigenvalue weighted by Gasteiger charge is 2.27. The van der Waals surface area contributed by atoms with E-state index >= 15 is 0 Å². The minimum atomic E-state index is -0.504. The Morgan fingerprint density at radius 1 is 1.04 bits per heavy atom. The van der Waals surface area contributed by atoms with Crippen molar-refractivity contribution >= 4 is 11.8 Å². The van der Waals surface area contributed by atoms with E-state index in [1.807, 2.05) is 38.1 Å². The number of hydrogen-bond acceptors (Lipinski definition) is 2. The summed E-state index contributed by atoms with van der Waals surface area (Å²) in [6, 6.07) is 7.40. The van der Waals surface area contributed by atoms with Crippen LogP contribution >= 0.6 is 0 Å². The van der Waals surface area contributed by atoms with Crippen molar-refractivity contribution in [3.05, 3.63) is 35.4 Å². The largest absolute Gasteiger partial charge is 0.352 e. The van der Waals surface area contributed by atoms with Crippen molar-refractivity contribution in [3.63, 3.8) is 0 Å². The highest BCUT2D eigenvalue weighted by molar-refractivity contribution is 5.97. The average molecular weight is 344 g/mol. The lowest BCUT2D eigenvalue weighted by Crippen LogP contribution is -2.51. The fourth-order valence-electron chi connectivity index (χ4n) is 3.24. The molecule has 0 saturated heterocycles. The summed E-state index contributed by atoms with van der Waals surface area (Å²) in [5, 5.41) is 6.01. The van der Waals surface area contributed by atoms with Gasteiger partial charge < -0.3 is 10.6 Å². The molecule has 138 valence electrons. The van der Waals surface area contributed by atoms with Gasteiger partial charge >= 0.3 is 0 Å². The van der Waals surface area contributed by atoms with Crippen molar-refractivity contribution in [2.75, 3.05) is 0 Å². The molecule has 1 aliphatic carbocycles. The molecule has 2 N–H and O–H groups in total. The number of carbonyl (C=O) groups is 2. The molecule has 1 aromatic carbocycles. The third-order valence-corrected chi connectivity index (χ3v) is 4.95. The third kappa shape index (κ3) is 5.32. The van der Waals surface area contributed by atoms with Crippen LogP contribution in [-0.2, 0) is 10.2 Å². The van der Waals surface area contributed by atoms with Crippen molar-refractivity contribution < 1.29 is 9.59 Å². The van der Waals surface area contributed by atoms with Gasteiger partial charge in [0, 0.05) is 11.6 Å². The van der Waals surface area contributed by atoms with Crippen LogP contribution in [0.1, 0.15) is 76.2 Å². The van der Waals surface area contributed by atoms with E-state index in [0.717, 1.165) is 12.8 Å². The predicted molar refractivity (Wildman–Crippen MR) is 102 cm³/mol. The molecule has 1 fully saturated rings. The maximum atomic E-state index is 12.6. The van der Waals surface area contributed by atoms with Crippen LogP contribution < -0.4 is 10.6 Å². The van der Waals surface area contributed by atoms with Gasteiger partial charge in [-0.15, -0.1) is 0 Å². The lowest BCUT2D eigenvalue weighted by atomic mass is 9.86. The zero-order valence-corrected chi connectivity index (χ0v) is 16.2. The van der Waals surface area contributed by atoms with Crippen molar-refractivity contribution in [2.24, 2.45) is 5.92 Å². The van der Waals surface area contributed by atoms with Crippen molar-refractivity contribution in [1.82, 2.24) is 10.6 Å². The number of hydrogen-bond donors (Lipinski definition) is 2. The Bertz CT molecular complexity index is 593. The minimum absolute atomic E-state index is 0.0409. The summed E-state index contributed by atoms with van der Waals surface area (Å²) in [5.74, 6) is -0.221. The molecule has 2 rings (SSSR count). The van der Waals surface area contributed by atoms with E-state index in [-0.39, 0.29) is 29.2 Å². The SMILES string of the molecule is CC(C)[C@H](NC(=O)c1ccc(C(C)(C)C)cc1)C(=O)NC1CCCC1. The Kier molecular flexibility index (Phi) is 6.26. The minimum Gasteiger partial charge on any atom is -0.352 e. The number of nitrogens with one attached hydrogen (secondary N) is 2. The van der Waals surface area contributed by atoms with Crippen LogP contribution in [0.2, 0.25) is 0 Å². The molecule has 1 aliphatic rings. The van der Waals surface area contributed by atoms with Gasteiger partial charge in [-0.25, -0.2) is 0 Å². The first kappa shape index (κ1) is 19.5. The molecule has 0 unspecified atom stereocenters. The summed E-state index contributed by atoms with van der Waals surface area (Å²) < 4.78 is 0. The molecule has 0 bridgehead atoms. The number of rotatable bonds is 5. The van der Waals surface area contributed by atoms with Crippen molar-refractivity contribution in [3.8, 4) is 0 Å².